The number of rotatable bonds is 2. The van der Waals surface area contributed by atoms with E-state index in [4.69, 9.17) is 16.6 Å². The fourth-order valence-electron chi connectivity index (χ4n) is 2.56. The van der Waals surface area contributed by atoms with Gasteiger partial charge in [-0.15, -0.1) is 5.10 Å². The lowest BCUT2D eigenvalue weighted by molar-refractivity contribution is 0.826. The quantitative estimate of drug-likeness (QED) is 0.558. The summed E-state index contributed by atoms with van der Waals surface area (Å²) in [5.41, 5.74) is 2.73. The summed E-state index contributed by atoms with van der Waals surface area (Å²) in [6, 6.07) is 15.6. The molecule has 0 radical (unpaired) electrons. The average molecular weight is 309 g/mol. The van der Waals surface area contributed by atoms with Crippen LogP contribution in [0, 0.1) is 0 Å². The van der Waals surface area contributed by atoms with Crippen LogP contribution in [0.1, 0.15) is 12.7 Å². The highest BCUT2D eigenvalue weighted by Crippen LogP contribution is 2.23. The summed E-state index contributed by atoms with van der Waals surface area (Å²) in [5.74, 6) is 1.59. The third kappa shape index (κ3) is 2.04. The second-order valence-electron chi connectivity index (χ2n) is 5.08. The predicted molar refractivity (Wildman–Crippen MR) is 88.1 cm³/mol. The van der Waals surface area contributed by atoms with Gasteiger partial charge < -0.3 is 0 Å². The Balaban J connectivity index is 2.03. The third-order valence-electron chi connectivity index (χ3n) is 3.66. The van der Waals surface area contributed by atoms with Crippen molar-refractivity contribution >= 4 is 28.2 Å². The van der Waals surface area contributed by atoms with Gasteiger partial charge in [0.2, 0.25) is 0 Å². The molecule has 0 N–H and O–H groups in total. The van der Waals surface area contributed by atoms with Crippen LogP contribution in [0.2, 0.25) is 5.02 Å². The van der Waals surface area contributed by atoms with Gasteiger partial charge in [0.1, 0.15) is 5.82 Å². The molecular formula is C17H13ClN4. The van der Waals surface area contributed by atoms with Crippen LogP contribution in [0.3, 0.4) is 0 Å². The van der Waals surface area contributed by atoms with Crippen LogP contribution in [0.4, 0.5) is 0 Å². The fraction of sp³-hybridized carbons (Fsp3) is 0.118. The first-order chi connectivity index (χ1) is 10.8. The zero-order valence-corrected chi connectivity index (χ0v) is 12.7. The van der Waals surface area contributed by atoms with E-state index in [1.807, 2.05) is 53.0 Å². The summed E-state index contributed by atoms with van der Waals surface area (Å²) < 4.78 is 1.84. The maximum absolute atomic E-state index is 5.95. The van der Waals surface area contributed by atoms with Crippen LogP contribution in [-0.2, 0) is 6.42 Å². The predicted octanol–water partition coefficient (Wildman–Crippen LogP) is 4.16. The van der Waals surface area contributed by atoms with Gasteiger partial charge in [0.15, 0.2) is 11.5 Å². The number of benzene rings is 2. The molecular weight excluding hydrogens is 296 g/mol. The van der Waals surface area contributed by atoms with E-state index < -0.39 is 0 Å². The molecule has 0 unspecified atom stereocenters. The Morgan fingerprint density at radius 2 is 1.77 bits per heavy atom. The Morgan fingerprint density at radius 1 is 1.00 bits per heavy atom. The van der Waals surface area contributed by atoms with Gasteiger partial charge in [0, 0.05) is 22.4 Å². The first-order valence-corrected chi connectivity index (χ1v) is 7.54. The summed E-state index contributed by atoms with van der Waals surface area (Å²) in [4.78, 5) is 9.40. The van der Waals surface area contributed by atoms with Gasteiger partial charge in [-0.1, -0.05) is 30.7 Å². The number of fused-ring (bicyclic) bond motifs is 3. The molecule has 108 valence electrons. The molecule has 2 aromatic carbocycles. The van der Waals surface area contributed by atoms with Crippen molar-refractivity contribution in [1.82, 2.24) is 19.6 Å². The van der Waals surface area contributed by atoms with Crippen molar-refractivity contribution in [2.24, 2.45) is 0 Å². The Labute approximate surface area is 132 Å². The molecule has 4 nitrogen and oxygen atoms in total. The van der Waals surface area contributed by atoms with Crippen LogP contribution in [0.25, 0.3) is 27.9 Å². The Kier molecular flexibility index (Phi) is 3.05. The molecule has 0 saturated carbocycles. The maximum Gasteiger partial charge on any atom is 0.182 e. The minimum absolute atomic E-state index is 0.685. The summed E-state index contributed by atoms with van der Waals surface area (Å²) in [6.07, 6.45) is 0.796. The summed E-state index contributed by atoms with van der Waals surface area (Å²) >= 11 is 5.95. The summed E-state index contributed by atoms with van der Waals surface area (Å²) in [6.45, 7) is 2.07. The molecule has 5 heteroatoms. The van der Waals surface area contributed by atoms with Crippen molar-refractivity contribution in [3.05, 3.63) is 59.4 Å². The number of hydrogen-bond donors (Lipinski definition) is 0. The number of aromatic nitrogens is 4. The molecule has 0 aliphatic carbocycles. The van der Waals surface area contributed by atoms with E-state index in [1.54, 1.807) is 0 Å². The average Bonchev–Trinajstić information content (AvgIpc) is 3.00. The van der Waals surface area contributed by atoms with Crippen molar-refractivity contribution in [2.75, 3.05) is 0 Å². The van der Waals surface area contributed by atoms with E-state index >= 15 is 0 Å². The van der Waals surface area contributed by atoms with Gasteiger partial charge in [-0.3, -0.25) is 0 Å². The van der Waals surface area contributed by atoms with Crippen LogP contribution in [0.5, 0.6) is 0 Å². The van der Waals surface area contributed by atoms with Crippen LogP contribution < -0.4 is 0 Å². The molecule has 0 aliphatic heterocycles. The summed E-state index contributed by atoms with van der Waals surface area (Å²) in [7, 11) is 0. The SMILES string of the molecule is CCc1nc2ccccc2c2nc(-c3ccc(Cl)cc3)nn12. The van der Waals surface area contributed by atoms with E-state index in [0.717, 1.165) is 34.4 Å². The van der Waals surface area contributed by atoms with Crippen LogP contribution in [-0.4, -0.2) is 19.6 Å². The van der Waals surface area contributed by atoms with E-state index in [0.29, 0.717) is 10.8 Å². The van der Waals surface area contributed by atoms with Crippen molar-refractivity contribution in [2.45, 2.75) is 13.3 Å². The highest BCUT2D eigenvalue weighted by atomic mass is 35.5. The molecule has 0 fully saturated rings. The number of halogens is 1. The number of nitrogens with zero attached hydrogens (tertiary/aromatic N) is 4. The smallest absolute Gasteiger partial charge is 0.182 e. The second kappa shape index (κ2) is 5.07. The molecule has 0 aliphatic rings. The van der Waals surface area contributed by atoms with Gasteiger partial charge in [-0.25, -0.2) is 9.97 Å². The lowest BCUT2D eigenvalue weighted by atomic mass is 10.2. The highest BCUT2D eigenvalue weighted by molar-refractivity contribution is 6.30. The minimum atomic E-state index is 0.685. The second-order valence-corrected chi connectivity index (χ2v) is 5.51. The van der Waals surface area contributed by atoms with E-state index in [-0.39, 0.29) is 0 Å². The Bertz CT molecular complexity index is 973. The monoisotopic (exact) mass is 308 g/mol. The summed E-state index contributed by atoms with van der Waals surface area (Å²) in [5, 5.41) is 6.34. The molecule has 0 spiro atoms. The standard InChI is InChI=1S/C17H13ClN4/c1-2-15-19-14-6-4-3-5-13(14)17-20-16(21-22(15)17)11-7-9-12(18)10-8-11/h3-10H,2H2,1H3. The molecule has 2 aromatic heterocycles. The lowest BCUT2D eigenvalue weighted by Gasteiger charge is -2.03. The lowest BCUT2D eigenvalue weighted by Crippen LogP contribution is -2.02. The van der Waals surface area contributed by atoms with Crippen LogP contribution >= 0.6 is 11.6 Å². The number of para-hydroxylation sites is 1. The highest BCUT2D eigenvalue weighted by Gasteiger charge is 2.13. The molecule has 4 rings (SSSR count). The van der Waals surface area contributed by atoms with E-state index in [9.17, 15) is 0 Å². The van der Waals surface area contributed by atoms with Crippen molar-refractivity contribution in [1.29, 1.82) is 0 Å². The molecule has 22 heavy (non-hydrogen) atoms. The topological polar surface area (TPSA) is 43.1 Å². The first-order valence-electron chi connectivity index (χ1n) is 7.16. The molecule has 4 aromatic rings. The van der Waals surface area contributed by atoms with E-state index in [1.165, 1.54) is 0 Å². The largest absolute Gasteiger partial charge is 0.233 e. The first kappa shape index (κ1) is 13.2. The molecule has 2 heterocycles. The molecule has 0 atom stereocenters. The normalized spacial score (nSPS) is 11.4. The third-order valence-corrected chi connectivity index (χ3v) is 3.92. The van der Waals surface area contributed by atoms with E-state index in [2.05, 4.69) is 17.0 Å². The van der Waals surface area contributed by atoms with Crippen LogP contribution in [0.15, 0.2) is 48.5 Å². The van der Waals surface area contributed by atoms with Gasteiger partial charge in [-0.05, 0) is 36.4 Å². The number of hydrogen-bond acceptors (Lipinski definition) is 3. The molecule has 0 saturated heterocycles. The zero-order valence-electron chi connectivity index (χ0n) is 12.0. The Morgan fingerprint density at radius 3 is 2.55 bits per heavy atom. The maximum atomic E-state index is 5.95. The molecule has 0 bridgehead atoms. The van der Waals surface area contributed by atoms with Crippen molar-refractivity contribution < 1.29 is 0 Å². The van der Waals surface area contributed by atoms with Gasteiger partial charge in [-0.2, -0.15) is 4.52 Å². The zero-order chi connectivity index (χ0) is 15.1. The van der Waals surface area contributed by atoms with Crippen molar-refractivity contribution in [3.63, 3.8) is 0 Å². The van der Waals surface area contributed by atoms with Crippen molar-refractivity contribution in [3.8, 4) is 11.4 Å². The Hall–Kier alpha value is -2.46. The fourth-order valence-corrected chi connectivity index (χ4v) is 2.69. The minimum Gasteiger partial charge on any atom is -0.233 e. The van der Waals surface area contributed by atoms with Gasteiger partial charge >= 0.3 is 0 Å². The van der Waals surface area contributed by atoms with Gasteiger partial charge in [0.25, 0.3) is 0 Å². The number of aryl methyl sites for hydroxylation is 1. The molecule has 0 amide bonds. The van der Waals surface area contributed by atoms with Gasteiger partial charge in [0.05, 0.1) is 5.52 Å².